The summed E-state index contributed by atoms with van der Waals surface area (Å²) in [5, 5.41) is 9.41. The van der Waals surface area contributed by atoms with Crippen LogP contribution >= 0.6 is 0 Å². The van der Waals surface area contributed by atoms with Crippen LogP contribution in [0.4, 0.5) is 22.0 Å². The van der Waals surface area contributed by atoms with Crippen molar-refractivity contribution < 1.29 is 14.3 Å². The third kappa shape index (κ3) is 5.94. The number of fused-ring (bicyclic) bond motifs is 1. The summed E-state index contributed by atoms with van der Waals surface area (Å²) in [4.78, 5) is 38.3. The fourth-order valence-corrected chi connectivity index (χ4v) is 4.91. The van der Waals surface area contributed by atoms with Crippen LogP contribution in [0.5, 0.6) is 0 Å². The summed E-state index contributed by atoms with van der Waals surface area (Å²) in [6.07, 6.45) is 9.04. The number of benzene rings is 1. The topological polar surface area (TPSA) is 117 Å². The molecule has 0 atom stereocenters. The molecule has 0 bridgehead atoms. The quantitative estimate of drug-likeness (QED) is 0.388. The zero-order valence-corrected chi connectivity index (χ0v) is 23.2. The molecule has 210 valence electrons. The number of imidazole rings is 1. The van der Waals surface area contributed by atoms with E-state index in [0.29, 0.717) is 44.4 Å². The second-order valence-electron chi connectivity index (χ2n) is 9.90. The third-order valence-electron chi connectivity index (χ3n) is 7.30. The highest BCUT2D eigenvalue weighted by atomic mass is 16.5. The maximum Gasteiger partial charge on any atom is 0.319 e. The lowest BCUT2D eigenvalue weighted by Gasteiger charge is -2.30. The monoisotopic (exact) mass is 544 g/mol. The molecule has 2 aliphatic rings. The first kappa shape index (κ1) is 27.2. The number of carbonyl (C=O) groups excluding carboxylic acids is 2. The number of hydrogen-bond acceptors (Lipinski definition) is 7. The predicted molar refractivity (Wildman–Crippen MR) is 155 cm³/mol. The Balaban J connectivity index is 1.34. The number of nitrogens with one attached hydrogen (secondary N) is 3. The van der Waals surface area contributed by atoms with Crippen LogP contribution in [0.3, 0.4) is 0 Å². The highest BCUT2D eigenvalue weighted by Gasteiger charge is 2.23. The molecule has 3 aromatic rings. The molecule has 1 saturated heterocycles. The summed E-state index contributed by atoms with van der Waals surface area (Å²) in [7, 11) is 0. The van der Waals surface area contributed by atoms with Gasteiger partial charge < -0.3 is 35.1 Å². The fourth-order valence-electron chi connectivity index (χ4n) is 4.91. The molecule has 4 heterocycles. The number of amides is 3. The molecule has 11 nitrogen and oxygen atoms in total. The molecule has 0 saturated carbocycles. The van der Waals surface area contributed by atoms with Crippen LogP contribution in [-0.4, -0.2) is 63.7 Å². The van der Waals surface area contributed by atoms with Crippen LogP contribution < -0.4 is 20.9 Å². The Bertz CT molecular complexity index is 1370. The van der Waals surface area contributed by atoms with Crippen molar-refractivity contribution in [1.29, 1.82) is 0 Å². The van der Waals surface area contributed by atoms with Crippen LogP contribution in [0, 0.1) is 6.92 Å². The summed E-state index contributed by atoms with van der Waals surface area (Å²) in [5.41, 5.74) is 3.97. The van der Waals surface area contributed by atoms with E-state index in [4.69, 9.17) is 4.74 Å². The molecule has 3 amide bonds. The van der Waals surface area contributed by atoms with E-state index in [1.165, 1.54) is 0 Å². The minimum absolute atomic E-state index is 0.0430. The Morgan fingerprint density at radius 1 is 1.07 bits per heavy atom. The van der Waals surface area contributed by atoms with E-state index in [0.717, 1.165) is 41.3 Å². The first-order valence-corrected chi connectivity index (χ1v) is 13.7. The van der Waals surface area contributed by atoms with Crippen molar-refractivity contribution in [2.45, 2.75) is 46.3 Å². The van der Waals surface area contributed by atoms with E-state index in [-0.39, 0.29) is 18.0 Å². The number of morpholine rings is 1. The minimum atomic E-state index is -0.205. The highest BCUT2D eigenvalue weighted by Crippen LogP contribution is 2.31. The van der Waals surface area contributed by atoms with Gasteiger partial charge in [-0.2, -0.15) is 0 Å². The standard InChI is InChI=1S/C29H36N8O3/c1-4-22(5-2)32-29(39)34-23-7-6-8-25(20(23)3)37-18-24(27-30-11-12-36(27)19-37)33-26-10-9-21(17-31-26)28(38)35-13-15-40-16-14-35/h6-12,17-18,22H,4-5,13-16,19H2,1-3H3,(H,31,33)(H2,32,34,39). The average Bonchev–Trinajstić information content (AvgIpc) is 3.47. The second-order valence-corrected chi connectivity index (χ2v) is 9.90. The lowest BCUT2D eigenvalue weighted by atomic mass is 10.1. The number of carbonyl (C=O) groups is 2. The summed E-state index contributed by atoms with van der Waals surface area (Å²) in [6, 6.07) is 9.39. The Morgan fingerprint density at radius 2 is 1.88 bits per heavy atom. The van der Waals surface area contributed by atoms with Gasteiger partial charge in [-0.15, -0.1) is 0 Å². The first-order chi connectivity index (χ1) is 19.5. The van der Waals surface area contributed by atoms with E-state index in [1.807, 2.05) is 42.1 Å². The second kappa shape index (κ2) is 12.2. The van der Waals surface area contributed by atoms with Gasteiger partial charge in [-0.25, -0.2) is 14.8 Å². The van der Waals surface area contributed by atoms with Crippen LogP contribution in [0.15, 0.2) is 55.1 Å². The normalized spacial score (nSPS) is 14.9. The van der Waals surface area contributed by atoms with E-state index in [1.54, 1.807) is 29.4 Å². The fraction of sp³-hybridized carbons (Fsp3) is 0.379. The lowest BCUT2D eigenvalue weighted by Crippen LogP contribution is -2.40. The molecule has 3 N–H and O–H groups in total. The van der Waals surface area contributed by atoms with Crippen molar-refractivity contribution in [1.82, 2.24) is 24.8 Å². The van der Waals surface area contributed by atoms with Crippen molar-refractivity contribution >= 4 is 34.8 Å². The molecule has 2 aromatic heterocycles. The molecule has 0 unspecified atom stereocenters. The average molecular weight is 545 g/mol. The largest absolute Gasteiger partial charge is 0.378 e. The lowest BCUT2D eigenvalue weighted by molar-refractivity contribution is 0.0302. The smallest absolute Gasteiger partial charge is 0.319 e. The number of pyridine rings is 1. The van der Waals surface area contributed by atoms with Gasteiger partial charge in [-0.05, 0) is 49.6 Å². The van der Waals surface area contributed by atoms with Gasteiger partial charge in [-0.3, -0.25) is 4.79 Å². The molecule has 0 radical (unpaired) electrons. The van der Waals surface area contributed by atoms with E-state index >= 15 is 0 Å². The van der Waals surface area contributed by atoms with Gasteiger partial charge in [0.1, 0.15) is 12.5 Å². The molecule has 11 heteroatoms. The van der Waals surface area contributed by atoms with Gasteiger partial charge >= 0.3 is 6.03 Å². The van der Waals surface area contributed by atoms with Crippen molar-refractivity contribution in [2.75, 3.05) is 41.8 Å². The predicted octanol–water partition coefficient (Wildman–Crippen LogP) is 4.26. The third-order valence-corrected chi connectivity index (χ3v) is 7.30. The maximum atomic E-state index is 12.8. The van der Waals surface area contributed by atoms with Crippen LogP contribution in [-0.2, 0) is 11.4 Å². The SMILES string of the molecule is CCC(CC)NC(=O)Nc1cccc(N2C=C(Nc3ccc(C(=O)N4CCOCC4)cn3)c3nccn3C2)c1C. The minimum Gasteiger partial charge on any atom is -0.378 e. The Morgan fingerprint density at radius 3 is 2.60 bits per heavy atom. The van der Waals surface area contributed by atoms with Gasteiger partial charge in [0, 0.05) is 55.3 Å². The summed E-state index contributed by atoms with van der Waals surface area (Å²) >= 11 is 0. The highest BCUT2D eigenvalue weighted by molar-refractivity contribution is 5.94. The van der Waals surface area contributed by atoms with Gasteiger partial charge in [0.15, 0.2) is 5.82 Å². The van der Waals surface area contributed by atoms with Crippen molar-refractivity contribution in [3.05, 3.63) is 72.1 Å². The number of ether oxygens (including phenoxy) is 1. The molecule has 5 rings (SSSR count). The van der Waals surface area contributed by atoms with Crippen LogP contribution in [0.2, 0.25) is 0 Å². The van der Waals surface area contributed by atoms with Crippen molar-refractivity contribution in [2.24, 2.45) is 0 Å². The van der Waals surface area contributed by atoms with E-state index < -0.39 is 0 Å². The molecule has 0 spiro atoms. The zero-order valence-electron chi connectivity index (χ0n) is 23.2. The summed E-state index contributed by atoms with van der Waals surface area (Å²) < 4.78 is 7.39. The van der Waals surface area contributed by atoms with Gasteiger partial charge in [0.25, 0.3) is 5.91 Å². The van der Waals surface area contributed by atoms with Crippen molar-refractivity contribution in [3.63, 3.8) is 0 Å². The summed E-state index contributed by atoms with van der Waals surface area (Å²) in [5.74, 6) is 1.34. The van der Waals surface area contributed by atoms with Gasteiger partial charge in [0.05, 0.1) is 24.5 Å². The van der Waals surface area contributed by atoms with Crippen molar-refractivity contribution in [3.8, 4) is 0 Å². The molecule has 2 aliphatic heterocycles. The van der Waals surface area contributed by atoms with Crippen LogP contribution in [0.25, 0.3) is 5.70 Å². The molecule has 0 aliphatic carbocycles. The van der Waals surface area contributed by atoms with Gasteiger partial charge in [0.2, 0.25) is 0 Å². The first-order valence-electron chi connectivity index (χ1n) is 13.7. The zero-order chi connectivity index (χ0) is 28.1. The number of anilines is 3. The number of hydrogen-bond donors (Lipinski definition) is 3. The number of rotatable bonds is 8. The Labute approximate surface area is 234 Å². The van der Waals surface area contributed by atoms with E-state index in [2.05, 4.69) is 44.7 Å². The molecule has 1 fully saturated rings. The number of urea groups is 1. The molecular formula is C29H36N8O3. The Hall–Kier alpha value is -4.38. The maximum absolute atomic E-state index is 12.8. The number of aromatic nitrogens is 3. The van der Waals surface area contributed by atoms with E-state index in [9.17, 15) is 9.59 Å². The molecule has 1 aromatic carbocycles. The molecular weight excluding hydrogens is 508 g/mol. The van der Waals surface area contributed by atoms with Gasteiger partial charge in [-0.1, -0.05) is 19.9 Å². The molecule has 40 heavy (non-hydrogen) atoms. The van der Waals surface area contributed by atoms with Crippen LogP contribution in [0.1, 0.15) is 48.4 Å². The summed E-state index contributed by atoms with van der Waals surface area (Å²) in [6.45, 7) is 8.97. The Kier molecular flexibility index (Phi) is 8.30. The number of nitrogens with zero attached hydrogens (tertiary/aromatic N) is 5.